The summed E-state index contributed by atoms with van der Waals surface area (Å²) >= 11 is 8.13. The molecular weight excluding hydrogens is 546 g/mol. The predicted molar refractivity (Wildman–Crippen MR) is 159 cm³/mol. The first-order chi connectivity index (χ1) is 19.2. The molecule has 3 heterocycles. The summed E-state index contributed by atoms with van der Waals surface area (Å²) in [5.74, 6) is -1.55. The number of likely N-dealkylation sites (tertiary alicyclic amines) is 1. The minimum Gasteiger partial charge on any atom is -0.396 e. The quantitative estimate of drug-likeness (QED) is 0.326. The molecule has 2 aromatic carbocycles. The summed E-state index contributed by atoms with van der Waals surface area (Å²) in [5, 5.41) is 15.8. The molecule has 2 bridgehead atoms. The van der Waals surface area contributed by atoms with Crippen LogP contribution in [-0.4, -0.2) is 56.4 Å². The molecule has 0 aromatic heterocycles. The number of fused-ring (bicyclic) bond motifs is 1. The van der Waals surface area contributed by atoms with E-state index < -0.39 is 27.4 Å². The third-order valence-electron chi connectivity index (χ3n) is 8.89. The van der Waals surface area contributed by atoms with Gasteiger partial charge in [0.15, 0.2) is 0 Å². The third kappa shape index (κ3) is 5.14. The van der Waals surface area contributed by atoms with Gasteiger partial charge >= 0.3 is 0 Å². The number of aryl methyl sites for hydroxylation is 1. The molecule has 0 aliphatic carbocycles. The van der Waals surface area contributed by atoms with Gasteiger partial charge in [-0.3, -0.25) is 14.4 Å². The standard InChI is InChI=1S/C31H38ClN3O4S/c1-20-11-10-14-22(32)25(20)34-28(38)26-31-16-15-30(2,40-31)23(27(37)33-19-21-12-6-5-7-13-21)24(31)29(39)35(26)17-8-3-4-9-18-36/h5-7,10-14,23-24,26,36H,3-4,8-9,15-19H2,1-2H3,(H,33,37)(H,34,38)/t23-,24-,26?,30+,31?/m0/s1. The van der Waals surface area contributed by atoms with E-state index in [2.05, 4.69) is 17.6 Å². The highest BCUT2D eigenvalue weighted by Gasteiger charge is 2.77. The van der Waals surface area contributed by atoms with E-state index in [0.717, 1.165) is 36.8 Å². The van der Waals surface area contributed by atoms with Gasteiger partial charge < -0.3 is 20.6 Å². The van der Waals surface area contributed by atoms with Crippen molar-refractivity contribution in [1.29, 1.82) is 0 Å². The smallest absolute Gasteiger partial charge is 0.248 e. The molecule has 5 rings (SSSR count). The molecule has 3 fully saturated rings. The topological polar surface area (TPSA) is 98.7 Å². The number of aliphatic hydroxyl groups excluding tert-OH is 1. The Balaban J connectivity index is 1.44. The van der Waals surface area contributed by atoms with Gasteiger partial charge in [-0.15, -0.1) is 11.8 Å². The molecule has 1 spiro atoms. The predicted octanol–water partition coefficient (Wildman–Crippen LogP) is 4.94. The molecule has 3 amide bonds. The Morgan fingerprint density at radius 2 is 1.80 bits per heavy atom. The summed E-state index contributed by atoms with van der Waals surface area (Å²) in [5.41, 5.74) is 2.41. The van der Waals surface area contributed by atoms with Crippen LogP contribution in [0.15, 0.2) is 48.5 Å². The van der Waals surface area contributed by atoms with Gasteiger partial charge in [-0.05, 0) is 56.7 Å². The van der Waals surface area contributed by atoms with Gasteiger partial charge in [0.05, 0.1) is 27.3 Å². The number of nitrogens with one attached hydrogen (secondary N) is 2. The van der Waals surface area contributed by atoms with Crippen LogP contribution in [0.3, 0.4) is 0 Å². The molecule has 0 saturated carbocycles. The van der Waals surface area contributed by atoms with Crippen molar-refractivity contribution in [3.05, 3.63) is 64.7 Å². The number of rotatable bonds is 11. The van der Waals surface area contributed by atoms with Crippen LogP contribution in [0.4, 0.5) is 5.69 Å². The van der Waals surface area contributed by atoms with E-state index >= 15 is 0 Å². The number of carbonyl (C=O) groups excluding carboxylic acids is 3. The van der Waals surface area contributed by atoms with Crippen LogP contribution < -0.4 is 10.6 Å². The summed E-state index contributed by atoms with van der Waals surface area (Å²) < 4.78 is -1.10. The van der Waals surface area contributed by atoms with Gasteiger partial charge in [-0.2, -0.15) is 0 Å². The van der Waals surface area contributed by atoms with Crippen LogP contribution in [-0.2, 0) is 20.9 Å². The maximum Gasteiger partial charge on any atom is 0.248 e. The third-order valence-corrected chi connectivity index (χ3v) is 11.2. The van der Waals surface area contributed by atoms with Crippen LogP contribution in [0.25, 0.3) is 0 Å². The second-order valence-corrected chi connectivity index (χ2v) is 13.8. The average molecular weight is 584 g/mol. The number of hydrogen-bond acceptors (Lipinski definition) is 5. The van der Waals surface area contributed by atoms with E-state index in [9.17, 15) is 14.4 Å². The number of unbranched alkanes of at least 4 members (excludes halogenated alkanes) is 3. The molecule has 5 atom stereocenters. The van der Waals surface area contributed by atoms with Gasteiger partial charge in [0, 0.05) is 24.4 Å². The Hall–Kier alpha value is -2.55. The van der Waals surface area contributed by atoms with Gasteiger partial charge in [0.2, 0.25) is 17.7 Å². The maximum atomic E-state index is 14.2. The number of aliphatic hydroxyl groups is 1. The van der Waals surface area contributed by atoms with Crippen molar-refractivity contribution >= 4 is 46.8 Å². The molecule has 2 unspecified atom stereocenters. The Morgan fingerprint density at radius 1 is 1.05 bits per heavy atom. The number of para-hydroxylation sites is 1. The SMILES string of the molecule is Cc1cccc(Cl)c1NC(=O)C1N(CCCCCCO)C(=O)[C@@H]2[C@@H](C(=O)NCc3ccccc3)[C@@]3(C)CCC12S3. The zero-order valence-electron chi connectivity index (χ0n) is 23.1. The molecule has 0 radical (unpaired) electrons. The highest BCUT2D eigenvalue weighted by Crippen LogP contribution is 2.71. The van der Waals surface area contributed by atoms with Crippen molar-refractivity contribution in [2.75, 3.05) is 18.5 Å². The first-order valence-corrected chi connectivity index (χ1v) is 15.4. The summed E-state index contributed by atoms with van der Waals surface area (Å²) in [6.45, 7) is 4.96. The van der Waals surface area contributed by atoms with Crippen LogP contribution in [0.5, 0.6) is 0 Å². The molecule has 3 saturated heterocycles. The number of hydrogen-bond donors (Lipinski definition) is 3. The Morgan fingerprint density at radius 3 is 2.52 bits per heavy atom. The molecule has 9 heteroatoms. The van der Waals surface area contributed by atoms with Crippen molar-refractivity contribution in [2.24, 2.45) is 11.8 Å². The normalized spacial score (nSPS) is 28.6. The fraction of sp³-hybridized carbons (Fsp3) is 0.516. The van der Waals surface area contributed by atoms with Crippen LogP contribution in [0, 0.1) is 18.8 Å². The highest BCUT2D eigenvalue weighted by molar-refractivity contribution is 8.02. The second-order valence-electron chi connectivity index (χ2n) is 11.5. The summed E-state index contributed by atoms with van der Waals surface area (Å²) in [6.07, 6.45) is 4.63. The van der Waals surface area contributed by atoms with E-state index in [-0.39, 0.29) is 24.3 Å². The number of halogens is 1. The van der Waals surface area contributed by atoms with Crippen LogP contribution in [0.1, 0.15) is 56.6 Å². The molecule has 7 nitrogen and oxygen atoms in total. The largest absolute Gasteiger partial charge is 0.396 e. The Bertz CT molecular complexity index is 1260. The van der Waals surface area contributed by atoms with Crippen molar-refractivity contribution in [1.82, 2.24) is 10.2 Å². The number of benzene rings is 2. The van der Waals surface area contributed by atoms with Crippen LogP contribution in [0.2, 0.25) is 5.02 Å². The number of carbonyl (C=O) groups is 3. The highest BCUT2D eigenvalue weighted by atomic mass is 35.5. The first kappa shape index (κ1) is 29.0. The van der Waals surface area contributed by atoms with Crippen molar-refractivity contribution in [2.45, 2.75) is 74.5 Å². The zero-order valence-corrected chi connectivity index (χ0v) is 24.7. The number of thioether (sulfide) groups is 1. The minimum atomic E-state index is -0.697. The summed E-state index contributed by atoms with van der Waals surface area (Å²) in [7, 11) is 0. The fourth-order valence-corrected chi connectivity index (χ4v) is 9.62. The first-order valence-electron chi connectivity index (χ1n) is 14.2. The fourth-order valence-electron chi connectivity index (χ4n) is 6.99. The van der Waals surface area contributed by atoms with E-state index in [1.165, 1.54) is 0 Å². The van der Waals surface area contributed by atoms with Gasteiger partial charge in [0.25, 0.3) is 0 Å². The lowest BCUT2D eigenvalue weighted by atomic mass is 9.66. The molecule has 3 aliphatic heterocycles. The van der Waals surface area contributed by atoms with E-state index in [1.807, 2.05) is 49.4 Å². The minimum absolute atomic E-state index is 0.103. The lowest BCUT2D eigenvalue weighted by molar-refractivity contribution is -0.140. The Labute approximate surface area is 245 Å². The molecule has 214 valence electrons. The molecule has 3 aliphatic rings. The monoisotopic (exact) mass is 583 g/mol. The second kappa shape index (κ2) is 11.7. The van der Waals surface area contributed by atoms with Crippen LogP contribution >= 0.6 is 23.4 Å². The van der Waals surface area contributed by atoms with Gasteiger partial charge in [-0.1, -0.05) is 66.9 Å². The lowest BCUT2D eigenvalue weighted by Gasteiger charge is -2.35. The molecular formula is C31H38ClN3O4S. The summed E-state index contributed by atoms with van der Waals surface area (Å²) in [6, 6.07) is 14.5. The van der Waals surface area contributed by atoms with Gasteiger partial charge in [0.1, 0.15) is 6.04 Å². The summed E-state index contributed by atoms with van der Waals surface area (Å²) in [4.78, 5) is 43.8. The number of nitrogens with zero attached hydrogens (tertiary/aromatic N) is 1. The van der Waals surface area contributed by atoms with Crippen molar-refractivity contribution in [3.8, 4) is 0 Å². The number of anilines is 1. The van der Waals surface area contributed by atoms with E-state index in [1.54, 1.807) is 22.7 Å². The number of amides is 3. The molecule has 3 N–H and O–H groups in total. The lowest BCUT2D eigenvalue weighted by Crippen LogP contribution is -2.52. The molecule has 40 heavy (non-hydrogen) atoms. The molecule has 2 aromatic rings. The van der Waals surface area contributed by atoms with E-state index in [0.29, 0.717) is 36.6 Å². The van der Waals surface area contributed by atoms with E-state index in [4.69, 9.17) is 16.7 Å². The van der Waals surface area contributed by atoms with Gasteiger partial charge in [-0.25, -0.2) is 0 Å². The zero-order chi connectivity index (χ0) is 28.5. The Kier molecular flexibility index (Phi) is 8.50. The maximum absolute atomic E-state index is 14.2. The van der Waals surface area contributed by atoms with Crippen molar-refractivity contribution in [3.63, 3.8) is 0 Å². The van der Waals surface area contributed by atoms with Crippen molar-refractivity contribution < 1.29 is 19.5 Å². The average Bonchev–Trinajstić information content (AvgIpc) is 3.50.